The highest BCUT2D eigenvalue weighted by molar-refractivity contribution is 7.14. The number of halogens is 1. The van der Waals surface area contributed by atoms with Crippen LogP contribution in [-0.2, 0) is 6.54 Å². The second-order valence-electron chi connectivity index (χ2n) is 5.49. The number of hydrogen-bond acceptors (Lipinski definition) is 5. The zero-order chi connectivity index (χ0) is 17.9. The maximum absolute atomic E-state index is 14.3. The van der Waals surface area contributed by atoms with Crippen molar-refractivity contribution in [2.45, 2.75) is 6.54 Å². The quantitative estimate of drug-likeness (QED) is 0.563. The van der Waals surface area contributed by atoms with Gasteiger partial charge in [0.25, 0.3) is 5.91 Å². The third-order valence-electron chi connectivity index (χ3n) is 3.75. The van der Waals surface area contributed by atoms with Crippen molar-refractivity contribution in [1.82, 2.24) is 19.9 Å². The molecule has 0 saturated carbocycles. The minimum atomic E-state index is -0.372. The monoisotopic (exact) mass is 384 g/mol. The standard InChI is InChI=1S/C18H13FN4OS2/c19-14-7-12(1-2-16(14)23-5-4-20-11-23)8-21-17(24)15-10-26-18(22-15)13-3-6-25-9-13/h1-7,9-11H,8H2,(H,21,24). The Morgan fingerprint density at radius 1 is 1.27 bits per heavy atom. The first kappa shape index (κ1) is 16.6. The zero-order valence-electron chi connectivity index (χ0n) is 13.4. The number of benzene rings is 1. The number of rotatable bonds is 5. The van der Waals surface area contributed by atoms with Crippen molar-refractivity contribution in [3.8, 4) is 16.3 Å². The summed E-state index contributed by atoms with van der Waals surface area (Å²) < 4.78 is 15.8. The van der Waals surface area contributed by atoms with Gasteiger partial charge in [0.15, 0.2) is 0 Å². The summed E-state index contributed by atoms with van der Waals surface area (Å²) in [6, 6.07) is 6.82. The van der Waals surface area contributed by atoms with E-state index in [1.165, 1.54) is 23.7 Å². The highest BCUT2D eigenvalue weighted by Crippen LogP contribution is 2.25. The number of nitrogens with zero attached hydrogens (tertiary/aromatic N) is 3. The Balaban J connectivity index is 1.42. The Morgan fingerprint density at radius 3 is 2.92 bits per heavy atom. The molecule has 8 heteroatoms. The van der Waals surface area contributed by atoms with Gasteiger partial charge in [-0.05, 0) is 29.1 Å². The largest absolute Gasteiger partial charge is 0.347 e. The fourth-order valence-corrected chi connectivity index (χ4v) is 3.95. The van der Waals surface area contributed by atoms with Crippen LogP contribution in [0, 0.1) is 5.82 Å². The average molecular weight is 384 g/mol. The average Bonchev–Trinajstić information content (AvgIpc) is 3.41. The van der Waals surface area contributed by atoms with Gasteiger partial charge < -0.3 is 9.88 Å². The van der Waals surface area contributed by atoms with Crippen LogP contribution in [0.15, 0.2) is 59.1 Å². The minimum Gasteiger partial charge on any atom is -0.347 e. The Bertz CT molecular complexity index is 1030. The van der Waals surface area contributed by atoms with E-state index in [0.717, 1.165) is 10.6 Å². The first-order chi connectivity index (χ1) is 12.7. The van der Waals surface area contributed by atoms with E-state index < -0.39 is 0 Å². The Hall–Kier alpha value is -2.84. The summed E-state index contributed by atoms with van der Waals surface area (Å²) >= 11 is 3.01. The summed E-state index contributed by atoms with van der Waals surface area (Å²) in [5, 5.41) is 9.28. The van der Waals surface area contributed by atoms with Gasteiger partial charge in [0, 0.05) is 35.3 Å². The summed E-state index contributed by atoms with van der Waals surface area (Å²) in [5.41, 5.74) is 2.47. The molecule has 0 spiro atoms. The van der Waals surface area contributed by atoms with Crippen LogP contribution in [0.3, 0.4) is 0 Å². The van der Waals surface area contributed by atoms with Crippen LogP contribution in [0.4, 0.5) is 4.39 Å². The van der Waals surface area contributed by atoms with E-state index in [2.05, 4.69) is 15.3 Å². The van der Waals surface area contributed by atoms with Crippen LogP contribution in [0.5, 0.6) is 0 Å². The van der Waals surface area contributed by atoms with Crippen molar-refractivity contribution in [2.24, 2.45) is 0 Å². The number of nitrogens with one attached hydrogen (secondary N) is 1. The topological polar surface area (TPSA) is 59.8 Å². The Morgan fingerprint density at radius 2 is 2.19 bits per heavy atom. The van der Waals surface area contributed by atoms with Crippen LogP contribution < -0.4 is 5.32 Å². The summed E-state index contributed by atoms with van der Waals surface area (Å²) in [5.74, 6) is -0.648. The lowest BCUT2D eigenvalue weighted by molar-refractivity contribution is 0.0946. The van der Waals surface area contributed by atoms with Crippen molar-refractivity contribution < 1.29 is 9.18 Å². The van der Waals surface area contributed by atoms with Crippen LogP contribution in [0.25, 0.3) is 16.3 Å². The molecule has 4 aromatic rings. The van der Waals surface area contributed by atoms with Crippen LogP contribution in [0.2, 0.25) is 0 Å². The molecule has 0 saturated heterocycles. The molecule has 0 atom stereocenters. The third kappa shape index (κ3) is 3.42. The van der Waals surface area contributed by atoms with Gasteiger partial charge in [-0.2, -0.15) is 11.3 Å². The maximum atomic E-state index is 14.3. The molecule has 1 amide bonds. The smallest absolute Gasteiger partial charge is 0.271 e. The number of aromatic nitrogens is 3. The van der Waals surface area contributed by atoms with Gasteiger partial charge >= 0.3 is 0 Å². The molecule has 0 bridgehead atoms. The van der Waals surface area contributed by atoms with Gasteiger partial charge in [-0.25, -0.2) is 14.4 Å². The molecule has 0 aliphatic rings. The third-order valence-corrected chi connectivity index (χ3v) is 5.33. The lowest BCUT2D eigenvalue weighted by atomic mass is 10.2. The minimum absolute atomic E-state index is 0.227. The lowest BCUT2D eigenvalue weighted by Crippen LogP contribution is -2.23. The molecule has 3 aromatic heterocycles. The van der Waals surface area contributed by atoms with E-state index in [1.807, 2.05) is 16.8 Å². The molecule has 5 nitrogen and oxygen atoms in total. The molecular weight excluding hydrogens is 371 g/mol. The summed E-state index contributed by atoms with van der Waals surface area (Å²) in [6.07, 6.45) is 4.80. The van der Waals surface area contributed by atoms with E-state index in [1.54, 1.807) is 45.8 Å². The van der Waals surface area contributed by atoms with Crippen LogP contribution >= 0.6 is 22.7 Å². The summed E-state index contributed by atoms with van der Waals surface area (Å²) in [4.78, 5) is 20.5. The first-order valence-corrected chi connectivity index (χ1v) is 9.56. The van der Waals surface area contributed by atoms with E-state index >= 15 is 0 Å². The zero-order valence-corrected chi connectivity index (χ0v) is 15.1. The van der Waals surface area contributed by atoms with Crippen LogP contribution in [0.1, 0.15) is 16.1 Å². The van der Waals surface area contributed by atoms with Gasteiger partial charge in [0.1, 0.15) is 16.5 Å². The predicted octanol–water partition coefficient (Wildman–Crippen LogP) is 4.13. The number of hydrogen-bond donors (Lipinski definition) is 1. The second-order valence-corrected chi connectivity index (χ2v) is 7.13. The van der Waals surface area contributed by atoms with Crippen LogP contribution in [-0.4, -0.2) is 20.4 Å². The summed E-state index contributed by atoms with van der Waals surface area (Å²) in [6.45, 7) is 0.227. The molecule has 3 heterocycles. The summed E-state index contributed by atoms with van der Waals surface area (Å²) in [7, 11) is 0. The number of carbonyl (C=O) groups is 1. The van der Waals surface area contributed by atoms with E-state index in [4.69, 9.17) is 0 Å². The fourth-order valence-electron chi connectivity index (χ4n) is 2.44. The number of thiazole rings is 1. The molecule has 1 N–H and O–H groups in total. The van der Waals surface area contributed by atoms with Crippen molar-refractivity contribution in [2.75, 3.05) is 0 Å². The number of carbonyl (C=O) groups excluding carboxylic acids is 1. The molecule has 0 aliphatic carbocycles. The van der Waals surface area contributed by atoms with Crippen molar-refractivity contribution in [3.05, 3.63) is 76.2 Å². The molecule has 4 rings (SSSR count). The van der Waals surface area contributed by atoms with Gasteiger partial charge in [0.05, 0.1) is 12.0 Å². The highest BCUT2D eigenvalue weighted by Gasteiger charge is 2.12. The maximum Gasteiger partial charge on any atom is 0.271 e. The molecular formula is C18H13FN4OS2. The van der Waals surface area contributed by atoms with Crippen molar-refractivity contribution >= 4 is 28.6 Å². The second kappa shape index (κ2) is 7.19. The van der Waals surface area contributed by atoms with Crippen molar-refractivity contribution in [1.29, 1.82) is 0 Å². The van der Waals surface area contributed by atoms with E-state index in [-0.39, 0.29) is 18.3 Å². The number of imidazole rings is 1. The lowest BCUT2D eigenvalue weighted by Gasteiger charge is -2.07. The Labute approximate surface area is 156 Å². The molecule has 1 aromatic carbocycles. The number of amides is 1. The van der Waals surface area contributed by atoms with Gasteiger partial charge in [-0.15, -0.1) is 11.3 Å². The molecule has 0 aliphatic heterocycles. The van der Waals surface area contributed by atoms with E-state index in [0.29, 0.717) is 16.9 Å². The first-order valence-electron chi connectivity index (χ1n) is 7.74. The van der Waals surface area contributed by atoms with E-state index in [9.17, 15) is 9.18 Å². The normalized spacial score (nSPS) is 10.8. The molecule has 0 unspecified atom stereocenters. The number of thiophene rings is 1. The molecule has 130 valence electrons. The molecule has 0 fully saturated rings. The predicted molar refractivity (Wildman–Crippen MR) is 100 cm³/mol. The molecule has 0 radical (unpaired) electrons. The van der Waals surface area contributed by atoms with Gasteiger partial charge in [-0.3, -0.25) is 4.79 Å². The highest BCUT2D eigenvalue weighted by atomic mass is 32.1. The van der Waals surface area contributed by atoms with Gasteiger partial charge in [0.2, 0.25) is 0 Å². The Kier molecular flexibility index (Phi) is 4.59. The van der Waals surface area contributed by atoms with Gasteiger partial charge in [-0.1, -0.05) is 6.07 Å². The SMILES string of the molecule is O=C(NCc1ccc(-n2ccnc2)c(F)c1)c1csc(-c2ccsc2)n1. The fraction of sp³-hybridized carbons (Fsp3) is 0.0556. The molecule has 26 heavy (non-hydrogen) atoms. The van der Waals surface area contributed by atoms with Crippen molar-refractivity contribution in [3.63, 3.8) is 0 Å².